The highest BCUT2D eigenvalue weighted by Gasteiger charge is 2.32. The Morgan fingerprint density at radius 2 is 1.55 bits per heavy atom. The number of carbonyl (C=O) groups is 2. The maximum absolute atomic E-state index is 13.6. The predicted molar refractivity (Wildman–Crippen MR) is 115 cm³/mol. The van der Waals surface area contributed by atoms with Gasteiger partial charge in [0.25, 0.3) is 0 Å². The lowest BCUT2D eigenvalue weighted by Crippen LogP contribution is -2.42. The second kappa shape index (κ2) is 8.95. The summed E-state index contributed by atoms with van der Waals surface area (Å²) in [4.78, 5) is 30.4. The van der Waals surface area contributed by atoms with Crippen LogP contribution in [0.3, 0.4) is 0 Å². The van der Waals surface area contributed by atoms with Crippen LogP contribution < -0.4 is 9.80 Å². The van der Waals surface area contributed by atoms with Crippen molar-refractivity contribution in [1.29, 1.82) is 0 Å². The first kappa shape index (κ1) is 20.5. The van der Waals surface area contributed by atoms with Gasteiger partial charge < -0.3 is 9.80 Å². The molecule has 7 heteroatoms. The number of rotatable bonds is 6. The van der Waals surface area contributed by atoms with E-state index in [0.29, 0.717) is 19.6 Å². The highest BCUT2D eigenvalue weighted by Crippen LogP contribution is 2.23. The van der Waals surface area contributed by atoms with Crippen LogP contribution in [0.2, 0.25) is 0 Å². The van der Waals surface area contributed by atoms with Crippen LogP contribution in [0.5, 0.6) is 0 Å². The maximum Gasteiger partial charge on any atom is 0.325 e. The molecule has 4 rings (SSSR count). The normalized spacial score (nSPS) is 13.5. The smallest absolute Gasteiger partial charge is 0.313 e. The van der Waals surface area contributed by atoms with E-state index in [1.54, 1.807) is 4.90 Å². The van der Waals surface area contributed by atoms with E-state index >= 15 is 0 Å². The monoisotopic (exact) mass is 421 g/mol. The first-order valence-corrected chi connectivity index (χ1v) is 9.94. The van der Waals surface area contributed by atoms with Gasteiger partial charge in [0.05, 0.1) is 6.54 Å². The van der Waals surface area contributed by atoms with Gasteiger partial charge in [-0.15, -0.1) is 0 Å². The molecule has 0 saturated carbocycles. The molecule has 0 aromatic heterocycles. The standard InChI is InChI=1S/C24H21F2N3O2/c25-21-12-11-20(15-22(21)26)28-14-13-27(24(28)31)17-23(30)29(19-9-5-2-6-10-19)16-18-7-3-1-4-8-18/h1-12,15H,13-14,16-17H2. The Hall–Kier alpha value is -3.74. The molecule has 3 aromatic carbocycles. The van der Waals surface area contributed by atoms with Gasteiger partial charge in [0.15, 0.2) is 11.6 Å². The number of carbonyl (C=O) groups excluding carboxylic acids is 2. The third-order valence-electron chi connectivity index (χ3n) is 5.19. The Balaban J connectivity index is 1.50. The molecule has 1 heterocycles. The van der Waals surface area contributed by atoms with Gasteiger partial charge in [0.1, 0.15) is 6.54 Å². The zero-order valence-electron chi connectivity index (χ0n) is 16.7. The number of anilines is 2. The van der Waals surface area contributed by atoms with Crippen molar-refractivity contribution in [1.82, 2.24) is 4.90 Å². The number of halogens is 2. The van der Waals surface area contributed by atoms with Crippen molar-refractivity contribution in [3.05, 3.63) is 96.1 Å². The number of benzene rings is 3. The van der Waals surface area contributed by atoms with E-state index in [-0.39, 0.29) is 18.1 Å². The van der Waals surface area contributed by atoms with Crippen LogP contribution in [0.25, 0.3) is 0 Å². The first-order chi connectivity index (χ1) is 15.0. The van der Waals surface area contributed by atoms with Crippen molar-refractivity contribution in [3.63, 3.8) is 0 Å². The van der Waals surface area contributed by atoms with Crippen LogP contribution in [0.15, 0.2) is 78.9 Å². The van der Waals surface area contributed by atoms with Crippen LogP contribution in [-0.2, 0) is 11.3 Å². The molecule has 1 aliphatic heterocycles. The Labute approximate surface area is 179 Å². The second-order valence-corrected chi connectivity index (χ2v) is 7.26. The number of para-hydroxylation sites is 1. The van der Waals surface area contributed by atoms with Crippen molar-refractivity contribution in [3.8, 4) is 0 Å². The molecule has 0 spiro atoms. The number of hydrogen-bond acceptors (Lipinski definition) is 2. The van der Waals surface area contributed by atoms with Crippen molar-refractivity contribution in [2.24, 2.45) is 0 Å². The summed E-state index contributed by atoms with van der Waals surface area (Å²) in [6.07, 6.45) is 0. The van der Waals surface area contributed by atoms with E-state index < -0.39 is 17.7 Å². The SMILES string of the molecule is O=C(CN1CCN(c2ccc(F)c(F)c2)C1=O)N(Cc1ccccc1)c1ccccc1. The van der Waals surface area contributed by atoms with Crippen LogP contribution in [0.1, 0.15) is 5.56 Å². The third kappa shape index (κ3) is 4.55. The van der Waals surface area contributed by atoms with Crippen molar-refractivity contribution in [2.75, 3.05) is 29.4 Å². The summed E-state index contributed by atoms with van der Waals surface area (Å²) >= 11 is 0. The lowest BCUT2D eigenvalue weighted by Gasteiger charge is -2.26. The number of hydrogen-bond donors (Lipinski definition) is 0. The summed E-state index contributed by atoms with van der Waals surface area (Å²) in [7, 11) is 0. The second-order valence-electron chi connectivity index (χ2n) is 7.26. The summed E-state index contributed by atoms with van der Waals surface area (Å²) in [6.45, 7) is 0.873. The average molecular weight is 421 g/mol. The highest BCUT2D eigenvalue weighted by atomic mass is 19.2. The predicted octanol–water partition coefficient (Wildman–Crippen LogP) is 4.44. The average Bonchev–Trinajstić information content (AvgIpc) is 3.15. The number of amides is 3. The van der Waals surface area contributed by atoms with Gasteiger partial charge in [-0.2, -0.15) is 0 Å². The van der Waals surface area contributed by atoms with Crippen LogP contribution in [-0.4, -0.2) is 36.5 Å². The minimum absolute atomic E-state index is 0.110. The van der Waals surface area contributed by atoms with E-state index in [1.165, 1.54) is 15.9 Å². The quantitative estimate of drug-likeness (QED) is 0.591. The van der Waals surface area contributed by atoms with Crippen LogP contribution in [0, 0.1) is 11.6 Å². The van der Waals surface area contributed by atoms with Gasteiger partial charge in [0, 0.05) is 30.5 Å². The largest absolute Gasteiger partial charge is 0.325 e. The molecule has 3 aromatic rings. The summed E-state index contributed by atoms with van der Waals surface area (Å²) in [5.41, 5.74) is 1.97. The van der Waals surface area contributed by atoms with Gasteiger partial charge in [-0.05, 0) is 29.8 Å². The molecule has 1 fully saturated rings. The third-order valence-corrected chi connectivity index (χ3v) is 5.19. The number of nitrogens with zero attached hydrogens (tertiary/aromatic N) is 3. The molecule has 0 radical (unpaired) electrons. The first-order valence-electron chi connectivity index (χ1n) is 9.94. The van der Waals surface area contributed by atoms with E-state index in [9.17, 15) is 18.4 Å². The fourth-order valence-electron chi connectivity index (χ4n) is 3.57. The molecular weight excluding hydrogens is 400 g/mol. The lowest BCUT2D eigenvalue weighted by molar-refractivity contribution is -0.119. The minimum Gasteiger partial charge on any atom is -0.313 e. The molecule has 0 atom stereocenters. The zero-order valence-corrected chi connectivity index (χ0v) is 16.7. The lowest BCUT2D eigenvalue weighted by atomic mass is 10.2. The van der Waals surface area contributed by atoms with Gasteiger partial charge >= 0.3 is 6.03 Å². The summed E-state index contributed by atoms with van der Waals surface area (Å²) in [6, 6.07) is 21.8. The van der Waals surface area contributed by atoms with E-state index in [1.807, 2.05) is 60.7 Å². The van der Waals surface area contributed by atoms with Crippen LogP contribution >= 0.6 is 0 Å². The molecule has 1 saturated heterocycles. The fourth-order valence-corrected chi connectivity index (χ4v) is 3.57. The van der Waals surface area contributed by atoms with Gasteiger partial charge in [0.2, 0.25) is 5.91 Å². The molecular formula is C24H21F2N3O2. The molecule has 1 aliphatic rings. The Morgan fingerprint density at radius 3 is 2.23 bits per heavy atom. The van der Waals surface area contributed by atoms with E-state index in [2.05, 4.69) is 0 Å². The highest BCUT2D eigenvalue weighted by molar-refractivity contribution is 6.00. The maximum atomic E-state index is 13.6. The fraction of sp³-hybridized carbons (Fsp3) is 0.167. The van der Waals surface area contributed by atoms with Gasteiger partial charge in [-0.1, -0.05) is 48.5 Å². The Kier molecular flexibility index (Phi) is 5.93. The van der Waals surface area contributed by atoms with Crippen molar-refractivity contribution >= 4 is 23.3 Å². The topological polar surface area (TPSA) is 43.9 Å². The molecule has 0 unspecified atom stereocenters. The van der Waals surface area contributed by atoms with Gasteiger partial charge in [-0.25, -0.2) is 13.6 Å². The molecule has 0 aliphatic carbocycles. The van der Waals surface area contributed by atoms with E-state index in [4.69, 9.17) is 0 Å². The summed E-state index contributed by atoms with van der Waals surface area (Å²) < 4.78 is 26.8. The summed E-state index contributed by atoms with van der Waals surface area (Å²) in [5.74, 6) is -2.21. The van der Waals surface area contributed by atoms with Crippen molar-refractivity contribution < 1.29 is 18.4 Å². The zero-order chi connectivity index (χ0) is 21.8. The Bertz CT molecular complexity index is 1080. The van der Waals surface area contributed by atoms with Crippen LogP contribution in [0.4, 0.5) is 25.0 Å². The molecule has 0 bridgehead atoms. The molecule has 158 valence electrons. The molecule has 3 amide bonds. The molecule has 0 N–H and O–H groups in total. The molecule has 31 heavy (non-hydrogen) atoms. The minimum atomic E-state index is -1.02. The summed E-state index contributed by atoms with van der Waals surface area (Å²) in [5, 5.41) is 0. The number of urea groups is 1. The van der Waals surface area contributed by atoms with Crippen molar-refractivity contribution in [2.45, 2.75) is 6.54 Å². The molecule has 5 nitrogen and oxygen atoms in total. The van der Waals surface area contributed by atoms with E-state index in [0.717, 1.165) is 23.4 Å². The van der Waals surface area contributed by atoms with Gasteiger partial charge in [-0.3, -0.25) is 9.69 Å². The Morgan fingerprint density at radius 1 is 0.871 bits per heavy atom.